The SMILES string of the molecule is CC(CS(=O)Cc1cc(C#N)ccc1F)C(=O)O. The molecule has 0 aromatic heterocycles. The van der Waals surface area contributed by atoms with Crippen molar-refractivity contribution in [3.05, 3.63) is 35.1 Å². The molecule has 0 spiro atoms. The minimum absolute atomic E-state index is 0.0362. The van der Waals surface area contributed by atoms with Crippen LogP contribution in [0.3, 0.4) is 0 Å². The van der Waals surface area contributed by atoms with Gasteiger partial charge in [-0.05, 0) is 18.2 Å². The zero-order chi connectivity index (χ0) is 13.7. The van der Waals surface area contributed by atoms with Crippen LogP contribution in [0.15, 0.2) is 18.2 Å². The van der Waals surface area contributed by atoms with Gasteiger partial charge in [-0.25, -0.2) is 4.39 Å². The average Bonchev–Trinajstić information content (AvgIpc) is 2.31. The number of hydrogen-bond acceptors (Lipinski definition) is 3. The van der Waals surface area contributed by atoms with Gasteiger partial charge in [0.2, 0.25) is 0 Å². The van der Waals surface area contributed by atoms with Gasteiger partial charge in [0.15, 0.2) is 0 Å². The number of carbonyl (C=O) groups is 1. The highest BCUT2D eigenvalue weighted by Crippen LogP contribution is 2.13. The molecule has 0 fully saturated rings. The maximum Gasteiger partial charge on any atom is 0.307 e. The topological polar surface area (TPSA) is 78.2 Å². The second kappa shape index (κ2) is 6.26. The van der Waals surface area contributed by atoms with E-state index in [0.717, 1.165) is 6.07 Å². The van der Waals surface area contributed by atoms with E-state index in [1.807, 2.05) is 6.07 Å². The van der Waals surface area contributed by atoms with E-state index in [0.29, 0.717) is 0 Å². The zero-order valence-corrected chi connectivity index (χ0v) is 10.5. The molecule has 0 heterocycles. The Kier molecular flexibility index (Phi) is 4.98. The maximum atomic E-state index is 13.4. The number of nitriles is 1. The fourth-order valence-electron chi connectivity index (χ4n) is 1.34. The van der Waals surface area contributed by atoms with Crippen LogP contribution in [-0.2, 0) is 21.3 Å². The predicted molar refractivity (Wildman–Crippen MR) is 64.6 cm³/mol. The molecule has 0 amide bonds. The molecule has 6 heteroatoms. The third kappa shape index (κ3) is 3.93. The van der Waals surface area contributed by atoms with Crippen LogP contribution in [-0.4, -0.2) is 21.0 Å². The highest BCUT2D eigenvalue weighted by atomic mass is 32.2. The van der Waals surface area contributed by atoms with Crippen molar-refractivity contribution < 1.29 is 18.5 Å². The summed E-state index contributed by atoms with van der Waals surface area (Å²) in [6, 6.07) is 5.68. The summed E-state index contributed by atoms with van der Waals surface area (Å²) < 4.78 is 25.1. The number of aliphatic carboxylic acids is 1. The normalized spacial score (nSPS) is 13.6. The van der Waals surface area contributed by atoms with E-state index >= 15 is 0 Å². The van der Waals surface area contributed by atoms with Crippen molar-refractivity contribution in [2.24, 2.45) is 5.92 Å². The Morgan fingerprint density at radius 3 is 2.83 bits per heavy atom. The van der Waals surface area contributed by atoms with Gasteiger partial charge in [0, 0.05) is 22.1 Å². The van der Waals surface area contributed by atoms with Gasteiger partial charge in [-0.15, -0.1) is 0 Å². The first-order chi connectivity index (χ1) is 8.43. The molecule has 1 aromatic carbocycles. The largest absolute Gasteiger partial charge is 0.481 e. The number of nitrogens with zero attached hydrogens (tertiary/aromatic N) is 1. The van der Waals surface area contributed by atoms with Crippen LogP contribution in [0.25, 0.3) is 0 Å². The number of benzene rings is 1. The first kappa shape index (κ1) is 14.3. The van der Waals surface area contributed by atoms with Crippen molar-refractivity contribution in [3.63, 3.8) is 0 Å². The molecule has 1 aromatic rings. The lowest BCUT2D eigenvalue weighted by molar-refractivity contribution is -0.140. The number of halogens is 1. The molecule has 1 N–H and O–H groups in total. The number of carboxylic acid groups (broad SMARTS) is 1. The van der Waals surface area contributed by atoms with Crippen molar-refractivity contribution in [1.82, 2.24) is 0 Å². The summed E-state index contributed by atoms with van der Waals surface area (Å²) in [5.74, 6) is -2.43. The third-order valence-corrected chi connectivity index (χ3v) is 3.85. The van der Waals surface area contributed by atoms with Crippen LogP contribution >= 0.6 is 0 Å². The number of hydrogen-bond donors (Lipinski definition) is 1. The fraction of sp³-hybridized carbons (Fsp3) is 0.333. The Hall–Kier alpha value is -1.74. The Morgan fingerprint density at radius 2 is 2.28 bits per heavy atom. The average molecular weight is 269 g/mol. The van der Waals surface area contributed by atoms with Crippen LogP contribution in [0.4, 0.5) is 4.39 Å². The molecule has 2 atom stereocenters. The molecule has 96 valence electrons. The van der Waals surface area contributed by atoms with E-state index in [1.54, 1.807) is 0 Å². The summed E-state index contributed by atoms with van der Waals surface area (Å²) >= 11 is 0. The summed E-state index contributed by atoms with van der Waals surface area (Å²) in [6.07, 6.45) is 0. The predicted octanol–water partition coefficient (Wildman–Crippen LogP) is 1.67. The lowest BCUT2D eigenvalue weighted by atomic mass is 10.1. The van der Waals surface area contributed by atoms with Crippen molar-refractivity contribution in [3.8, 4) is 6.07 Å². The van der Waals surface area contributed by atoms with Crippen LogP contribution in [0.5, 0.6) is 0 Å². The standard InChI is InChI=1S/C12H12FNO3S/c1-8(12(15)16)6-18(17)7-10-4-9(5-14)2-3-11(10)13/h2-4,8H,6-7H2,1H3,(H,15,16). The molecule has 18 heavy (non-hydrogen) atoms. The lowest BCUT2D eigenvalue weighted by Gasteiger charge is -2.07. The van der Waals surface area contributed by atoms with Gasteiger partial charge in [-0.1, -0.05) is 6.92 Å². The molecule has 0 saturated carbocycles. The molecular formula is C12H12FNO3S. The summed E-state index contributed by atoms with van der Waals surface area (Å²) in [5.41, 5.74) is 0.458. The second-order valence-electron chi connectivity index (χ2n) is 3.91. The molecule has 0 saturated heterocycles. The van der Waals surface area contributed by atoms with Gasteiger partial charge in [0.05, 0.1) is 23.3 Å². The van der Waals surface area contributed by atoms with Crippen molar-refractivity contribution in [2.75, 3.05) is 5.75 Å². The third-order valence-electron chi connectivity index (χ3n) is 2.35. The molecule has 4 nitrogen and oxygen atoms in total. The van der Waals surface area contributed by atoms with Gasteiger partial charge in [0.1, 0.15) is 5.82 Å². The minimum Gasteiger partial charge on any atom is -0.481 e. The molecule has 0 bridgehead atoms. The van der Waals surface area contributed by atoms with E-state index in [9.17, 15) is 13.4 Å². The van der Waals surface area contributed by atoms with E-state index in [-0.39, 0.29) is 22.6 Å². The lowest BCUT2D eigenvalue weighted by Crippen LogP contribution is -2.18. The van der Waals surface area contributed by atoms with Crippen LogP contribution < -0.4 is 0 Å². The smallest absolute Gasteiger partial charge is 0.307 e. The molecule has 0 radical (unpaired) electrons. The molecule has 0 aliphatic heterocycles. The first-order valence-electron chi connectivity index (χ1n) is 5.20. The van der Waals surface area contributed by atoms with Gasteiger partial charge < -0.3 is 5.11 Å². The van der Waals surface area contributed by atoms with Crippen LogP contribution in [0.1, 0.15) is 18.1 Å². The summed E-state index contributed by atoms with van der Waals surface area (Å²) in [6.45, 7) is 1.45. The van der Waals surface area contributed by atoms with Gasteiger partial charge in [0.25, 0.3) is 0 Å². The van der Waals surface area contributed by atoms with E-state index in [2.05, 4.69) is 0 Å². The highest BCUT2D eigenvalue weighted by Gasteiger charge is 2.16. The summed E-state index contributed by atoms with van der Waals surface area (Å²) in [5, 5.41) is 17.4. The molecule has 2 unspecified atom stereocenters. The quantitative estimate of drug-likeness (QED) is 0.881. The summed E-state index contributed by atoms with van der Waals surface area (Å²) in [4.78, 5) is 10.6. The van der Waals surface area contributed by atoms with Crippen LogP contribution in [0, 0.1) is 23.1 Å². The van der Waals surface area contributed by atoms with E-state index in [4.69, 9.17) is 10.4 Å². The molecule has 1 rings (SSSR count). The minimum atomic E-state index is -1.47. The van der Waals surface area contributed by atoms with Crippen molar-refractivity contribution >= 4 is 16.8 Å². The second-order valence-corrected chi connectivity index (χ2v) is 5.41. The van der Waals surface area contributed by atoms with Gasteiger partial charge in [-0.2, -0.15) is 5.26 Å². The van der Waals surface area contributed by atoms with Crippen LogP contribution in [0.2, 0.25) is 0 Å². The van der Waals surface area contributed by atoms with Gasteiger partial charge in [-0.3, -0.25) is 9.00 Å². The van der Waals surface area contributed by atoms with Crippen molar-refractivity contribution in [2.45, 2.75) is 12.7 Å². The first-order valence-corrected chi connectivity index (χ1v) is 6.69. The van der Waals surface area contributed by atoms with E-state index in [1.165, 1.54) is 19.1 Å². The number of carboxylic acids is 1. The van der Waals surface area contributed by atoms with Gasteiger partial charge >= 0.3 is 5.97 Å². The Balaban J connectivity index is 2.76. The highest BCUT2D eigenvalue weighted by molar-refractivity contribution is 7.84. The molecular weight excluding hydrogens is 257 g/mol. The van der Waals surface area contributed by atoms with Crippen molar-refractivity contribution in [1.29, 1.82) is 5.26 Å². The monoisotopic (exact) mass is 269 g/mol. The Bertz CT molecular complexity index is 525. The Morgan fingerprint density at radius 1 is 1.61 bits per heavy atom. The molecule has 0 aliphatic carbocycles. The van der Waals surface area contributed by atoms with E-state index < -0.39 is 28.5 Å². The Labute approximate surface area is 107 Å². The number of rotatable bonds is 5. The zero-order valence-electron chi connectivity index (χ0n) is 9.72. The fourth-order valence-corrected chi connectivity index (χ4v) is 2.72. The maximum absolute atomic E-state index is 13.4. The molecule has 0 aliphatic rings. The summed E-state index contributed by atoms with van der Waals surface area (Å²) in [7, 11) is -1.47.